The highest BCUT2D eigenvalue weighted by molar-refractivity contribution is 6.33. The lowest BCUT2D eigenvalue weighted by molar-refractivity contribution is -0.385. The van der Waals surface area contributed by atoms with Gasteiger partial charge < -0.3 is 0 Å². The molecule has 0 aliphatic rings. The Labute approximate surface area is 119 Å². The van der Waals surface area contributed by atoms with Crippen molar-refractivity contribution in [1.82, 2.24) is 4.98 Å². The number of carbonyl (C=O) groups is 1. The maximum Gasteiger partial charge on any atom is 0.300 e. The summed E-state index contributed by atoms with van der Waals surface area (Å²) < 4.78 is 0. The summed E-state index contributed by atoms with van der Waals surface area (Å²) >= 11 is 5.79. The summed E-state index contributed by atoms with van der Waals surface area (Å²) in [6, 6.07) is 9.30. The molecule has 0 saturated heterocycles. The lowest BCUT2D eigenvalue weighted by Gasteiger charge is -2.16. The number of anilines is 1. The van der Waals surface area contributed by atoms with Gasteiger partial charge in [0.2, 0.25) is 0 Å². The summed E-state index contributed by atoms with van der Waals surface area (Å²) in [4.78, 5) is 28.0. The molecule has 0 atom stereocenters. The minimum absolute atomic E-state index is 0.0735. The molecular formula is C13H10ClN3O3. The van der Waals surface area contributed by atoms with Gasteiger partial charge in [0, 0.05) is 13.2 Å². The molecule has 1 heterocycles. The van der Waals surface area contributed by atoms with Crippen molar-refractivity contribution >= 4 is 29.0 Å². The Morgan fingerprint density at radius 2 is 2.05 bits per heavy atom. The van der Waals surface area contributed by atoms with Gasteiger partial charge >= 0.3 is 5.69 Å². The molecule has 20 heavy (non-hydrogen) atoms. The molecule has 0 N–H and O–H groups in total. The first-order chi connectivity index (χ1) is 9.52. The highest BCUT2D eigenvalue weighted by Gasteiger charge is 2.26. The number of nitro benzene ring substituents is 1. The molecular weight excluding hydrogens is 282 g/mol. The molecule has 2 aromatic rings. The highest BCUT2D eigenvalue weighted by atomic mass is 35.5. The van der Waals surface area contributed by atoms with Gasteiger partial charge in [0.25, 0.3) is 5.91 Å². The number of hydrogen-bond donors (Lipinski definition) is 0. The van der Waals surface area contributed by atoms with Gasteiger partial charge in [0.15, 0.2) is 0 Å². The van der Waals surface area contributed by atoms with E-state index in [1.807, 2.05) is 0 Å². The molecule has 1 aromatic heterocycles. The van der Waals surface area contributed by atoms with E-state index in [4.69, 9.17) is 11.6 Å². The number of carbonyl (C=O) groups excluding carboxylic acids is 1. The first-order valence-corrected chi connectivity index (χ1v) is 6.02. The Bertz CT molecular complexity index is 661. The Morgan fingerprint density at radius 3 is 2.65 bits per heavy atom. The summed E-state index contributed by atoms with van der Waals surface area (Å²) in [5, 5.41) is 11.0. The lowest BCUT2D eigenvalue weighted by atomic mass is 10.1. The van der Waals surface area contributed by atoms with Crippen LogP contribution in [0, 0.1) is 10.1 Å². The Hall–Kier alpha value is -2.47. The molecule has 2 rings (SSSR count). The Kier molecular flexibility index (Phi) is 3.95. The molecule has 1 amide bonds. The van der Waals surface area contributed by atoms with E-state index in [9.17, 15) is 14.9 Å². The standard InChI is InChI=1S/C13H10ClN3O3/c1-16(11-7-2-3-8-15-11)13(18)9-5-4-6-10(14)12(9)17(19)20/h2-8H,1H3. The Morgan fingerprint density at radius 1 is 1.30 bits per heavy atom. The van der Waals surface area contributed by atoms with Crippen molar-refractivity contribution in [3.63, 3.8) is 0 Å². The zero-order valence-electron chi connectivity index (χ0n) is 10.5. The van der Waals surface area contributed by atoms with Crippen LogP contribution in [0.4, 0.5) is 11.5 Å². The molecule has 7 heteroatoms. The third-order valence-corrected chi connectivity index (χ3v) is 3.00. The largest absolute Gasteiger partial charge is 0.300 e. The van der Waals surface area contributed by atoms with Crippen LogP contribution in [0.15, 0.2) is 42.6 Å². The highest BCUT2D eigenvalue weighted by Crippen LogP contribution is 2.29. The quantitative estimate of drug-likeness (QED) is 0.643. The number of rotatable bonds is 3. The fraction of sp³-hybridized carbons (Fsp3) is 0.0769. The second-order valence-electron chi connectivity index (χ2n) is 3.95. The van der Waals surface area contributed by atoms with Gasteiger partial charge in [-0.05, 0) is 24.3 Å². The number of nitrogens with zero attached hydrogens (tertiary/aromatic N) is 3. The van der Waals surface area contributed by atoms with Gasteiger partial charge in [0.1, 0.15) is 16.4 Å². The molecule has 0 aliphatic heterocycles. The molecule has 6 nitrogen and oxygen atoms in total. The van der Waals surface area contributed by atoms with Gasteiger partial charge in [-0.25, -0.2) is 4.98 Å². The predicted molar refractivity (Wildman–Crippen MR) is 75.1 cm³/mol. The topological polar surface area (TPSA) is 76.3 Å². The van der Waals surface area contributed by atoms with Gasteiger partial charge in [-0.15, -0.1) is 0 Å². The van der Waals surface area contributed by atoms with Crippen molar-refractivity contribution in [2.24, 2.45) is 0 Å². The second kappa shape index (κ2) is 5.66. The summed E-state index contributed by atoms with van der Waals surface area (Å²) in [5.41, 5.74) is -0.474. The summed E-state index contributed by atoms with van der Waals surface area (Å²) in [7, 11) is 1.50. The van der Waals surface area contributed by atoms with Crippen LogP contribution in [0.5, 0.6) is 0 Å². The van der Waals surface area contributed by atoms with Crippen molar-refractivity contribution in [3.05, 3.63) is 63.3 Å². The number of amides is 1. The molecule has 0 unspecified atom stereocenters. The molecule has 102 valence electrons. The van der Waals surface area contributed by atoms with E-state index in [0.717, 1.165) is 0 Å². The predicted octanol–water partition coefficient (Wildman–Crippen LogP) is 2.92. The average molecular weight is 292 g/mol. The monoisotopic (exact) mass is 291 g/mol. The third-order valence-electron chi connectivity index (χ3n) is 2.70. The van der Waals surface area contributed by atoms with Crippen molar-refractivity contribution in [2.45, 2.75) is 0 Å². The fourth-order valence-corrected chi connectivity index (χ4v) is 1.95. The normalized spacial score (nSPS) is 10.1. The van der Waals surface area contributed by atoms with E-state index >= 15 is 0 Å². The zero-order chi connectivity index (χ0) is 14.7. The molecule has 0 spiro atoms. The Balaban J connectivity index is 2.44. The second-order valence-corrected chi connectivity index (χ2v) is 4.35. The maximum absolute atomic E-state index is 12.3. The molecule has 0 aliphatic carbocycles. The van der Waals surface area contributed by atoms with E-state index < -0.39 is 16.5 Å². The summed E-state index contributed by atoms with van der Waals surface area (Å²) in [6.45, 7) is 0. The SMILES string of the molecule is CN(C(=O)c1cccc(Cl)c1[N+](=O)[O-])c1ccccn1. The van der Waals surface area contributed by atoms with Crippen LogP contribution in [0.1, 0.15) is 10.4 Å². The van der Waals surface area contributed by atoms with Gasteiger partial charge in [-0.1, -0.05) is 23.7 Å². The maximum atomic E-state index is 12.3. The number of benzene rings is 1. The van der Waals surface area contributed by atoms with E-state index in [1.54, 1.807) is 18.2 Å². The van der Waals surface area contributed by atoms with Crippen LogP contribution in [0.3, 0.4) is 0 Å². The number of hydrogen-bond acceptors (Lipinski definition) is 4. The number of pyridine rings is 1. The van der Waals surface area contributed by atoms with Gasteiger partial charge in [-0.3, -0.25) is 19.8 Å². The van der Waals surface area contributed by atoms with Gasteiger partial charge in [0.05, 0.1) is 4.92 Å². The van der Waals surface area contributed by atoms with Gasteiger partial charge in [-0.2, -0.15) is 0 Å². The van der Waals surface area contributed by atoms with E-state index in [-0.39, 0.29) is 10.6 Å². The molecule has 0 radical (unpaired) electrons. The van der Waals surface area contributed by atoms with Crippen LogP contribution in [-0.2, 0) is 0 Å². The van der Waals surface area contributed by atoms with Crippen LogP contribution >= 0.6 is 11.6 Å². The summed E-state index contributed by atoms with van der Waals surface area (Å²) in [6.07, 6.45) is 1.53. The molecule has 1 aromatic carbocycles. The smallest absolute Gasteiger partial charge is 0.296 e. The van der Waals surface area contributed by atoms with Crippen LogP contribution in [-0.4, -0.2) is 22.9 Å². The molecule has 0 bridgehead atoms. The molecule has 0 saturated carbocycles. The van der Waals surface area contributed by atoms with E-state index in [0.29, 0.717) is 5.82 Å². The van der Waals surface area contributed by atoms with Crippen LogP contribution < -0.4 is 4.90 Å². The minimum atomic E-state index is -0.665. The minimum Gasteiger partial charge on any atom is -0.296 e. The van der Waals surface area contributed by atoms with E-state index in [1.165, 1.54) is 36.3 Å². The third kappa shape index (κ3) is 2.60. The van der Waals surface area contributed by atoms with Crippen molar-refractivity contribution in [1.29, 1.82) is 0 Å². The number of halogens is 1. The summed E-state index contributed by atoms with van der Waals surface area (Å²) in [5.74, 6) is -0.148. The average Bonchev–Trinajstić information content (AvgIpc) is 2.46. The lowest BCUT2D eigenvalue weighted by Crippen LogP contribution is -2.27. The first-order valence-electron chi connectivity index (χ1n) is 5.64. The van der Waals surface area contributed by atoms with Crippen LogP contribution in [0.2, 0.25) is 5.02 Å². The number of nitro groups is 1. The first kappa shape index (κ1) is 14.0. The molecule has 0 fully saturated rings. The van der Waals surface area contributed by atoms with Crippen LogP contribution in [0.25, 0.3) is 0 Å². The number of aromatic nitrogens is 1. The fourth-order valence-electron chi connectivity index (χ4n) is 1.71. The number of para-hydroxylation sites is 1. The van der Waals surface area contributed by atoms with Crippen molar-refractivity contribution < 1.29 is 9.72 Å². The van der Waals surface area contributed by atoms with Crippen molar-refractivity contribution in [3.8, 4) is 0 Å². The van der Waals surface area contributed by atoms with Crippen molar-refractivity contribution in [2.75, 3.05) is 11.9 Å². The zero-order valence-corrected chi connectivity index (χ0v) is 11.2. The van der Waals surface area contributed by atoms with E-state index in [2.05, 4.69) is 4.98 Å².